The third kappa shape index (κ3) is 3.15. The van der Waals surface area contributed by atoms with Crippen molar-refractivity contribution in [2.75, 3.05) is 17.9 Å². The largest absolute Gasteiger partial charge is 0.476 e. The van der Waals surface area contributed by atoms with E-state index < -0.39 is 22.0 Å². The van der Waals surface area contributed by atoms with Gasteiger partial charge < -0.3 is 10.1 Å². The molecule has 3 rings (SSSR count). The van der Waals surface area contributed by atoms with E-state index in [-0.39, 0.29) is 21.5 Å². The first-order chi connectivity index (χ1) is 11.9. The van der Waals surface area contributed by atoms with Crippen molar-refractivity contribution in [2.24, 2.45) is 0 Å². The minimum absolute atomic E-state index is 0.0652. The van der Waals surface area contributed by atoms with E-state index in [4.69, 9.17) is 27.9 Å². The van der Waals surface area contributed by atoms with Crippen LogP contribution >= 0.6 is 23.2 Å². The number of anilines is 1. The van der Waals surface area contributed by atoms with Gasteiger partial charge in [-0.1, -0.05) is 41.4 Å². The number of sulfonamides is 1. The molecule has 0 aromatic heterocycles. The average molecular weight is 401 g/mol. The maximum atomic E-state index is 13.2. The quantitative estimate of drug-likeness (QED) is 0.858. The van der Waals surface area contributed by atoms with E-state index in [0.717, 1.165) is 4.31 Å². The normalized spacial score (nSPS) is 16.8. The molecule has 1 atom stereocenters. The molecule has 1 heterocycles. The maximum absolute atomic E-state index is 13.2. The molecule has 0 radical (unpaired) electrons. The predicted octanol–water partition coefficient (Wildman–Crippen LogP) is 2.70. The maximum Gasteiger partial charge on any atom is 0.266 e. The molecule has 2 aromatic rings. The highest BCUT2D eigenvalue weighted by Gasteiger charge is 2.38. The zero-order valence-electron chi connectivity index (χ0n) is 13.1. The topological polar surface area (TPSA) is 75.7 Å². The Balaban J connectivity index is 2.14. The van der Waals surface area contributed by atoms with Gasteiger partial charge in [-0.05, 0) is 24.3 Å². The van der Waals surface area contributed by atoms with Crippen LogP contribution in [0.15, 0.2) is 47.4 Å². The van der Waals surface area contributed by atoms with Crippen molar-refractivity contribution in [3.63, 3.8) is 0 Å². The number of hydrogen-bond donors (Lipinski definition) is 1. The lowest BCUT2D eigenvalue weighted by molar-refractivity contribution is -0.127. The molecule has 0 spiro atoms. The van der Waals surface area contributed by atoms with Crippen molar-refractivity contribution >= 4 is 44.8 Å². The number of carbonyl (C=O) groups is 1. The van der Waals surface area contributed by atoms with Gasteiger partial charge in [0.15, 0.2) is 6.10 Å². The van der Waals surface area contributed by atoms with Crippen LogP contribution in [-0.2, 0) is 14.8 Å². The number of hydrogen-bond acceptors (Lipinski definition) is 4. The molecule has 1 N–H and O–H groups in total. The molecule has 132 valence electrons. The second-order valence-electron chi connectivity index (χ2n) is 5.28. The minimum Gasteiger partial charge on any atom is -0.476 e. The molecule has 0 fully saturated rings. The minimum atomic E-state index is -4.05. The highest BCUT2D eigenvalue weighted by molar-refractivity contribution is 7.93. The van der Waals surface area contributed by atoms with Gasteiger partial charge in [0.1, 0.15) is 10.6 Å². The lowest BCUT2D eigenvalue weighted by Gasteiger charge is -2.34. The molecule has 1 unspecified atom stereocenters. The number of likely N-dealkylation sites (N-methyl/N-ethyl adjacent to an activating group) is 1. The Morgan fingerprint density at radius 2 is 1.92 bits per heavy atom. The van der Waals surface area contributed by atoms with Gasteiger partial charge in [0.05, 0.1) is 22.3 Å². The molecule has 0 bridgehead atoms. The smallest absolute Gasteiger partial charge is 0.266 e. The van der Waals surface area contributed by atoms with E-state index in [1.54, 1.807) is 24.3 Å². The van der Waals surface area contributed by atoms with E-state index in [0.29, 0.717) is 11.4 Å². The summed E-state index contributed by atoms with van der Waals surface area (Å²) in [4.78, 5) is 11.9. The second kappa shape index (κ2) is 6.74. The number of rotatable bonds is 3. The molecule has 1 aliphatic heterocycles. The molecule has 1 aliphatic rings. The van der Waals surface area contributed by atoms with Crippen LogP contribution in [0.5, 0.6) is 5.75 Å². The van der Waals surface area contributed by atoms with Crippen LogP contribution in [0.3, 0.4) is 0 Å². The fourth-order valence-electron chi connectivity index (χ4n) is 2.53. The molecule has 1 amide bonds. The van der Waals surface area contributed by atoms with Crippen molar-refractivity contribution in [1.29, 1.82) is 0 Å². The number of nitrogens with one attached hydrogen (secondary N) is 1. The number of ether oxygens (including phenoxy) is 1. The Hall–Kier alpha value is -1.96. The Labute approximate surface area is 155 Å². The zero-order valence-corrected chi connectivity index (χ0v) is 15.4. The molecule has 25 heavy (non-hydrogen) atoms. The van der Waals surface area contributed by atoms with E-state index in [1.807, 2.05) is 0 Å². The first-order valence-corrected chi connectivity index (χ1v) is 9.50. The summed E-state index contributed by atoms with van der Waals surface area (Å²) in [6.45, 7) is -0.179. The highest BCUT2D eigenvalue weighted by atomic mass is 35.5. The summed E-state index contributed by atoms with van der Waals surface area (Å²) in [7, 11) is -2.59. The van der Waals surface area contributed by atoms with Gasteiger partial charge in [0, 0.05) is 7.05 Å². The predicted molar refractivity (Wildman–Crippen MR) is 95.9 cm³/mol. The van der Waals surface area contributed by atoms with Gasteiger partial charge in [0.2, 0.25) is 0 Å². The van der Waals surface area contributed by atoms with Crippen LogP contribution in [0.2, 0.25) is 10.0 Å². The van der Waals surface area contributed by atoms with Gasteiger partial charge in [-0.2, -0.15) is 0 Å². The molecule has 6 nitrogen and oxygen atoms in total. The number of halogens is 2. The summed E-state index contributed by atoms with van der Waals surface area (Å²) in [5.74, 6) is -0.129. The number of fused-ring (bicyclic) bond motifs is 1. The summed E-state index contributed by atoms with van der Waals surface area (Å²) in [6.07, 6.45) is -0.979. The monoisotopic (exact) mass is 400 g/mol. The van der Waals surface area contributed by atoms with Gasteiger partial charge in [-0.25, -0.2) is 8.42 Å². The molecule has 2 aromatic carbocycles. The summed E-state index contributed by atoms with van der Waals surface area (Å²) < 4.78 is 33.1. The first kappa shape index (κ1) is 17.8. The van der Waals surface area contributed by atoms with Crippen LogP contribution in [0.25, 0.3) is 0 Å². The molecule has 0 aliphatic carbocycles. The van der Waals surface area contributed by atoms with Gasteiger partial charge in [0.25, 0.3) is 15.9 Å². The Morgan fingerprint density at radius 3 is 2.64 bits per heavy atom. The van der Waals surface area contributed by atoms with E-state index >= 15 is 0 Å². The van der Waals surface area contributed by atoms with Crippen LogP contribution in [0, 0.1) is 0 Å². The van der Waals surface area contributed by atoms with Crippen LogP contribution in [0.1, 0.15) is 0 Å². The summed E-state index contributed by atoms with van der Waals surface area (Å²) >= 11 is 12.1. The van der Waals surface area contributed by atoms with Crippen molar-refractivity contribution in [3.05, 3.63) is 52.5 Å². The molecule has 0 saturated carbocycles. The number of nitrogens with zero attached hydrogens (tertiary/aromatic N) is 1. The highest BCUT2D eigenvalue weighted by Crippen LogP contribution is 2.39. The number of amides is 1. The fourth-order valence-corrected chi connectivity index (χ4v) is 4.74. The van der Waals surface area contributed by atoms with Crippen molar-refractivity contribution in [2.45, 2.75) is 11.0 Å². The average Bonchev–Trinajstić information content (AvgIpc) is 2.62. The van der Waals surface area contributed by atoms with Gasteiger partial charge in [-0.15, -0.1) is 0 Å². The first-order valence-electron chi connectivity index (χ1n) is 7.30. The van der Waals surface area contributed by atoms with Crippen LogP contribution < -0.4 is 14.4 Å². The third-order valence-electron chi connectivity index (χ3n) is 3.76. The molecule has 9 heteroatoms. The molecule has 0 saturated heterocycles. The fraction of sp³-hybridized carbons (Fsp3) is 0.188. The van der Waals surface area contributed by atoms with Crippen molar-refractivity contribution < 1.29 is 17.9 Å². The zero-order chi connectivity index (χ0) is 18.2. The van der Waals surface area contributed by atoms with E-state index in [9.17, 15) is 13.2 Å². The van der Waals surface area contributed by atoms with Crippen LogP contribution in [0.4, 0.5) is 5.69 Å². The van der Waals surface area contributed by atoms with Crippen molar-refractivity contribution in [3.8, 4) is 5.75 Å². The van der Waals surface area contributed by atoms with E-state index in [1.165, 1.54) is 25.2 Å². The SMILES string of the molecule is CNC(=O)C1CN(S(=O)(=O)c2cccc(Cl)c2Cl)c2ccccc2O1. The van der Waals surface area contributed by atoms with E-state index in [2.05, 4.69) is 5.32 Å². The third-order valence-corrected chi connectivity index (χ3v) is 6.51. The Bertz CT molecular complexity index is 933. The summed E-state index contributed by atoms with van der Waals surface area (Å²) in [5.41, 5.74) is 0.332. The van der Waals surface area contributed by atoms with Gasteiger partial charge in [-0.3, -0.25) is 9.10 Å². The van der Waals surface area contributed by atoms with Crippen LogP contribution in [-0.4, -0.2) is 34.0 Å². The molecular formula is C16H14Cl2N2O4S. The second-order valence-corrected chi connectivity index (χ2v) is 7.89. The summed E-state index contributed by atoms with van der Waals surface area (Å²) in [6, 6.07) is 11.0. The Morgan fingerprint density at radius 1 is 1.20 bits per heavy atom. The molecular weight excluding hydrogens is 387 g/mol. The number of benzene rings is 2. The Kier molecular flexibility index (Phi) is 4.81. The lowest BCUT2D eigenvalue weighted by atomic mass is 10.2. The standard InChI is InChI=1S/C16H14Cl2N2O4S/c1-19-16(21)13-9-20(11-6-2-3-7-12(11)24-13)25(22,23)14-8-4-5-10(17)15(14)18/h2-8,13H,9H2,1H3,(H,19,21). The number of para-hydroxylation sites is 2. The number of carbonyl (C=O) groups excluding carboxylic acids is 1. The summed E-state index contributed by atoms with van der Waals surface area (Å²) in [5, 5.41) is 2.53. The van der Waals surface area contributed by atoms with Gasteiger partial charge >= 0.3 is 0 Å². The lowest BCUT2D eigenvalue weighted by Crippen LogP contribution is -2.50. The van der Waals surface area contributed by atoms with Crippen molar-refractivity contribution in [1.82, 2.24) is 5.32 Å².